The number of anilines is 1. The fourth-order valence-corrected chi connectivity index (χ4v) is 14.2. The molecule has 0 fully saturated rings. The number of rotatable bonds is 19. The van der Waals surface area contributed by atoms with E-state index in [0.717, 1.165) is 9.58 Å². The minimum absolute atomic E-state index is 0.0257. The molecule has 3 amide bonds. The van der Waals surface area contributed by atoms with Gasteiger partial charge in [0.15, 0.2) is 0 Å². The van der Waals surface area contributed by atoms with Crippen LogP contribution in [0.4, 0.5) is 10.1 Å². The van der Waals surface area contributed by atoms with E-state index in [0.29, 0.717) is 29.2 Å². The van der Waals surface area contributed by atoms with Crippen LogP contribution in [0, 0.1) is 16.7 Å². The normalized spacial score (nSPS) is 18.0. The molecule has 1 aliphatic rings. The molecule has 0 bridgehead atoms. The van der Waals surface area contributed by atoms with Gasteiger partial charge in [-0.25, -0.2) is 9.48 Å². The molecule has 0 aliphatic carbocycles. The largest absolute Gasteiger partial charge is 0.459 e. The highest BCUT2D eigenvalue weighted by molar-refractivity contribution is 14.1. The molecule has 1 aromatic heterocycles. The smallest absolute Gasteiger partial charge is 0.356 e. The van der Waals surface area contributed by atoms with Gasteiger partial charge in [0, 0.05) is 45.0 Å². The Kier molecular flexibility index (Phi) is 19.4. The molecule has 8 N–H and O–H groups in total. The first kappa shape index (κ1) is 50.9. The maximum Gasteiger partial charge on any atom is 0.356 e. The van der Waals surface area contributed by atoms with Crippen LogP contribution in [0.3, 0.4) is 0 Å². The molecule has 2 aromatic rings. The number of hydrogen-bond acceptors (Lipinski definition) is 12. The zero-order valence-electron chi connectivity index (χ0n) is 33.3. The molecule has 58 heavy (non-hydrogen) atoms. The second-order valence-corrected chi connectivity index (χ2v) is 20.8. The highest BCUT2D eigenvalue weighted by atomic mass is 127. The van der Waals surface area contributed by atoms with Crippen LogP contribution >= 0.6 is 67.8 Å². The molecule has 21 heteroatoms. The molecule has 5 unspecified atom stereocenters. The van der Waals surface area contributed by atoms with Gasteiger partial charge in [0.1, 0.15) is 11.5 Å². The number of aryl methyl sites for hydroxylation is 1. The number of nitrogens with zero attached hydrogens (tertiary/aromatic N) is 3. The van der Waals surface area contributed by atoms with E-state index in [2.05, 4.69) is 10.6 Å². The third kappa shape index (κ3) is 12.6. The number of benzene rings is 1. The molecule has 0 saturated carbocycles. The van der Waals surface area contributed by atoms with Crippen molar-refractivity contribution >= 4 is 108 Å². The van der Waals surface area contributed by atoms with Crippen LogP contribution in [-0.2, 0) is 42.6 Å². The van der Waals surface area contributed by atoms with E-state index in [-0.39, 0.29) is 71.4 Å². The van der Waals surface area contributed by atoms with Crippen molar-refractivity contribution in [3.63, 3.8) is 0 Å². The first-order valence-electron chi connectivity index (χ1n) is 18.6. The maximum atomic E-state index is 16.6. The molecular formula is C37H54FI3N5O11S+. The zero-order valence-corrected chi connectivity index (χ0v) is 40.6. The number of carbonyl (C=O) groups is 4. The second kappa shape index (κ2) is 22.1. The standard InChI is InChI=1S/C37H53FI3N5O11S/c1-7-19(2)57-24(54)16-58-17-36(3,4)27-32(37(5,6)18-58)44-46(33(27)38)9-8-23(53)45(12-22(52)15-49)31-29(40)25(34(55)42-10-20(50)13-47)28(39)26(30(31)41)35(56)43-11-21(51)14-48/h19-22,47-52H,7-18H2,1-6H3,(H-,42,43,55,56)/p+1. The third-order valence-corrected chi connectivity index (χ3v) is 15.5. The Morgan fingerprint density at radius 3 is 1.86 bits per heavy atom. The van der Waals surface area contributed by atoms with Crippen molar-refractivity contribution in [2.45, 2.75) is 96.2 Å². The molecule has 0 radical (unpaired) electrons. The molecule has 0 spiro atoms. The number of aliphatic hydroxyl groups is 6. The van der Waals surface area contributed by atoms with Crippen molar-refractivity contribution in [2.75, 3.05) is 61.6 Å². The third-order valence-electron chi connectivity index (χ3n) is 9.45. The Bertz CT molecular complexity index is 1760. The van der Waals surface area contributed by atoms with E-state index >= 15 is 4.39 Å². The summed E-state index contributed by atoms with van der Waals surface area (Å²) < 4.78 is 23.8. The summed E-state index contributed by atoms with van der Waals surface area (Å²) in [5.74, 6) is -1.82. The first-order chi connectivity index (χ1) is 27.0. The predicted octanol–water partition coefficient (Wildman–Crippen LogP) is 1.31. The minimum Gasteiger partial charge on any atom is -0.459 e. The van der Waals surface area contributed by atoms with E-state index in [4.69, 9.17) is 9.84 Å². The molecule has 326 valence electrons. The van der Waals surface area contributed by atoms with Gasteiger partial charge in [-0.3, -0.25) is 14.4 Å². The lowest BCUT2D eigenvalue weighted by molar-refractivity contribution is -0.145. The molecule has 0 saturated heterocycles. The first-order valence-corrected chi connectivity index (χ1v) is 23.6. The van der Waals surface area contributed by atoms with Crippen LogP contribution in [0.5, 0.6) is 0 Å². The number of nitrogens with one attached hydrogen (secondary N) is 2. The van der Waals surface area contributed by atoms with Gasteiger partial charge in [0.2, 0.25) is 17.6 Å². The summed E-state index contributed by atoms with van der Waals surface area (Å²) in [5, 5.41) is 68.6. The predicted molar refractivity (Wildman–Crippen MR) is 242 cm³/mol. The molecule has 1 aliphatic heterocycles. The van der Waals surface area contributed by atoms with Gasteiger partial charge in [-0.1, -0.05) is 20.8 Å². The summed E-state index contributed by atoms with van der Waals surface area (Å²) in [5.41, 5.74) is -0.585. The Morgan fingerprint density at radius 2 is 1.38 bits per heavy atom. The van der Waals surface area contributed by atoms with Crippen molar-refractivity contribution in [2.24, 2.45) is 0 Å². The molecule has 3 rings (SSSR count). The van der Waals surface area contributed by atoms with Crippen molar-refractivity contribution in [3.8, 4) is 0 Å². The molecule has 2 heterocycles. The number of halogens is 4. The lowest BCUT2D eigenvalue weighted by atomic mass is 9.79. The number of fused-ring (bicyclic) bond motifs is 1. The summed E-state index contributed by atoms with van der Waals surface area (Å²) in [7, 11) is -0.442. The van der Waals surface area contributed by atoms with Gasteiger partial charge in [-0.2, -0.15) is 9.49 Å². The van der Waals surface area contributed by atoms with E-state index in [1.807, 2.05) is 86.7 Å². The highest BCUT2D eigenvalue weighted by Crippen LogP contribution is 2.42. The quantitative estimate of drug-likeness (QED) is 0.0565. The van der Waals surface area contributed by atoms with Crippen LogP contribution in [0.2, 0.25) is 0 Å². The zero-order chi connectivity index (χ0) is 43.9. The highest BCUT2D eigenvalue weighted by Gasteiger charge is 2.49. The second-order valence-electron chi connectivity index (χ2n) is 15.5. The lowest BCUT2D eigenvalue weighted by Gasteiger charge is -2.29. The van der Waals surface area contributed by atoms with Gasteiger partial charge < -0.3 is 50.9 Å². The molecule has 16 nitrogen and oxygen atoms in total. The number of esters is 1. The van der Waals surface area contributed by atoms with Gasteiger partial charge in [0.05, 0.1) is 92.4 Å². The average Bonchev–Trinajstić information content (AvgIpc) is 3.47. The van der Waals surface area contributed by atoms with Gasteiger partial charge in [-0.15, -0.1) is 0 Å². The van der Waals surface area contributed by atoms with Crippen LogP contribution < -0.4 is 15.5 Å². The number of carbonyl (C=O) groups excluding carboxylic acids is 4. The summed E-state index contributed by atoms with van der Waals surface area (Å²) in [4.78, 5) is 55.5. The monoisotopic (exact) mass is 1180 g/mol. The van der Waals surface area contributed by atoms with Crippen LogP contribution in [0.25, 0.3) is 0 Å². The van der Waals surface area contributed by atoms with E-state index < -0.39 is 90.1 Å². The summed E-state index contributed by atoms with van der Waals surface area (Å²) >= 11 is 5.44. The van der Waals surface area contributed by atoms with Crippen molar-refractivity contribution < 1.29 is 58.9 Å². The average molecular weight is 1180 g/mol. The SMILES string of the molecule is CCC(C)OC(=O)C[S+]1CC(C)(C)c2nn(CCC(=O)N(CC(O)CO)c3c(I)c(C(=O)NCC(O)CO)c(I)c(C(=O)NCC(O)CO)c3I)c(F)c2C(C)(C)C1. The van der Waals surface area contributed by atoms with Gasteiger partial charge >= 0.3 is 5.97 Å². The van der Waals surface area contributed by atoms with Crippen LogP contribution in [-0.4, -0.2) is 145 Å². The van der Waals surface area contributed by atoms with E-state index in [1.54, 1.807) is 22.6 Å². The van der Waals surface area contributed by atoms with E-state index in [9.17, 15) is 49.8 Å². The maximum absolute atomic E-state index is 16.6. The summed E-state index contributed by atoms with van der Waals surface area (Å²) in [6.07, 6.45) is -3.94. The Balaban J connectivity index is 2.08. The number of ether oxygens (including phenoxy) is 1. The van der Waals surface area contributed by atoms with Crippen molar-refractivity contribution in [1.82, 2.24) is 20.4 Å². The van der Waals surface area contributed by atoms with Gasteiger partial charge in [-0.05, 0) is 95.0 Å². The molecular weight excluding hydrogens is 1120 g/mol. The Hall–Kier alpha value is -1.46. The minimum atomic E-state index is -1.47. The fourth-order valence-electron chi connectivity index (χ4n) is 6.42. The number of hydrogen-bond donors (Lipinski definition) is 8. The van der Waals surface area contributed by atoms with E-state index in [1.165, 1.54) is 0 Å². The summed E-state index contributed by atoms with van der Waals surface area (Å²) in [6, 6.07) is 0. The van der Waals surface area contributed by atoms with Gasteiger partial charge in [0.25, 0.3) is 11.8 Å². The lowest BCUT2D eigenvalue weighted by Crippen LogP contribution is -2.42. The Morgan fingerprint density at radius 1 is 0.879 bits per heavy atom. The molecule has 1 aromatic carbocycles. The Labute approximate surface area is 381 Å². The topological polar surface area (TPSA) is 244 Å². The van der Waals surface area contributed by atoms with Crippen LogP contribution in [0.1, 0.15) is 86.4 Å². The fraction of sp³-hybridized carbons (Fsp3) is 0.649. The summed E-state index contributed by atoms with van der Waals surface area (Å²) in [6.45, 7) is 8.03. The van der Waals surface area contributed by atoms with Crippen LogP contribution in [0.15, 0.2) is 0 Å². The molecule has 5 atom stereocenters. The number of aromatic nitrogens is 2. The van der Waals surface area contributed by atoms with Crippen molar-refractivity contribution in [3.05, 3.63) is 39.0 Å². The number of aliphatic hydroxyl groups excluding tert-OH is 6. The number of amides is 3. The van der Waals surface area contributed by atoms with Crippen molar-refractivity contribution in [1.29, 1.82) is 0 Å².